The van der Waals surface area contributed by atoms with Crippen molar-refractivity contribution < 1.29 is 9.59 Å². The smallest absolute Gasteiger partial charge is 0.252 e. The van der Waals surface area contributed by atoms with Gasteiger partial charge in [0.05, 0.1) is 10.6 Å². The number of nitrogens with one attached hydrogen (secondary N) is 2. The fourth-order valence-corrected chi connectivity index (χ4v) is 3.33. The van der Waals surface area contributed by atoms with Gasteiger partial charge < -0.3 is 16.4 Å². The summed E-state index contributed by atoms with van der Waals surface area (Å²) >= 11 is 6.21. The molecule has 1 aromatic rings. The fraction of sp³-hybridized carbons (Fsp3) is 0.556. The third-order valence-corrected chi connectivity index (χ3v) is 4.76. The van der Waals surface area contributed by atoms with Crippen LogP contribution in [0, 0.1) is 17.8 Å². The monoisotopic (exact) mass is 387 g/mol. The molecule has 5 nitrogen and oxygen atoms in total. The summed E-state index contributed by atoms with van der Waals surface area (Å²) in [6, 6.07) is 4.97. The molecule has 0 bridgehead atoms. The number of hydrogen-bond donors (Lipinski definition) is 3. The predicted molar refractivity (Wildman–Crippen MR) is 104 cm³/mol. The van der Waals surface area contributed by atoms with Crippen molar-refractivity contribution in [2.24, 2.45) is 23.5 Å². The Bertz CT molecular complexity index is 608. The summed E-state index contributed by atoms with van der Waals surface area (Å²) in [6.45, 7) is 5.18. The van der Waals surface area contributed by atoms with Crippen molar-refractivity contribution >= 4 is 41.5 Å². The van der Waals surface area contributed by atoms with E-state index in [0.29, 0.717) is 35.3 Å². The first-order valence-electron chi connectivity index (χ1n) is 8.51. The second-order valence-electron chi connectivity index (χ2n) is 6.82. The molecule has 140 valence electrons. The Kier molecular flexibility index (Phi) is 8.69. The van der Waals surface area contributed by atoms with Gasteiger partial charge in [0.1, 0.15) is 0 Å². The number of carbonyl (C=O) groups is 2. The first-order chi connectivity index (χ1) is 11.4. The highest BCUT2D eigenvalue weighted by Gasteiger charge is 2.31. The fourth-order valence-electron chi connectivity index (χ4n) is 3.07. The van der Waals surface area contributed by atoms with Gasteiger partial charge >= 0.3 is 0 Å². The Morgan fingerprint density at radius 2 is 2.04 bits per heavy atom. The quantitative estimate of drug-likeness (QED) is 0.698. The summed E-state index contributed by atoms with van der Waals surface area (Å²) in [5, 5.41) is 6.06. The van der Waals surface area contributed by atoms with Crippen molar-refractivity contribution in [2.75, 3.05) is 18.4 Å². The molecule has 0 unspecified atom stereocenters. The van der Waals surface area contributed by atoms with Crippen molar-refractivity contribution in [2.45, 2.75) is 33.1 Å². The first kappa shape index (κ1) is 21.7. The lowest BCUT2D eigenvalue weighted by atomic mass is 9.95. The second-order valence-corrected chi connectivity index (χ2v) is 7.23. The number of nitrogens with two attached hydrogens (primary N) is 1. The first-order valence-corrected chi connectivity index (χ1v) is 8.88. The van der Waals surface area contributed by atoms with Gasteiger partial charge in [0.25, 0.3) is 5.91 Å². The van der Waals surface area contributed by atoms with Gasteiger partial charge in [0.15, 0.2) is 0 Å². The van der Waals surface area contributed by atoms with Gasteiger partial charge in [-0.15, -0.1) is 12.4 Å². The third-order valence-electron chi connectivity index (χ3n) is 4.45. The normalized spacial score (nSPS) is 19.4. The zero-order valence-electron chi connectivity index (χ0n) is 14.7. The van der Waals surface area contributed by atoms with Crippen LogP contribution in [0.15, 0.2) is 18.2 Å². The molecule has 1 saturated carbocycles. The van der Waals surface area contributed by atoms with E-state index in [-0.39, 0.29) is 36.1 Å². The number of benzene rings is 1. The zero-order chi connectivity index (χ0) is 17.7. The van der Waals surface area contributed by atoms with Crippen LogP contribution in [-0.4, -0.2) is 24.9 Å². The molecule has 4 N–H and O–H groups in total. The molecular weight excluding hydrogens is 361 g/mol. The summed E-state index contributed by atoms with van der Waals surface area (Å²) in [7, 11) is 0. The molecule has 1 aliphatic rings. The van der Waals surface area contributed by atoms with Crippen LogP contribution in [0.1, 0.15) is 43.5 Å². The summed E-state index contributed by atoms with van der Waals surface area (Å²) in [5.74, 6) is 0.360. The molecule has 0 aromatic heterocycles. The highest BCUT2D eigenvalue weighted by atomic mass is 35.5. The Labute approximate surface area is 160 Å². The number of carbonyl (C=O) groups excluding carboxylic acids is 2. The largest absolute Gasteiger partial charge is 0.352 e. The van der Waals surface area contributed by atoms with Crippen LogP contribution in [0.4, 0.5) is 5.69 Å². The minimum atomic E-state index is -0.203. The van der Waals surface area contributed by atoms with Gasteiger partial charge in [0, 0.05) is 18.2 Å². The number of anilines is 1. The molecule has 1 fully saturated rings. The SMILES string of the molecule is CC(C)CNC(=O)c1ccc(NC(=O)[C@@H]2CCC[C@@H]2CN)cc1Cl.Cl. The number of rotatable bonds is 6. The van der Waals surface area contributed by atoms with Crippen molar-refractivity contribution in [1.29, 1.82) is 0 Å². The number of halogens is 2. The highest BCUT2D eigenvalue weighted by molar-refractivity contribution is 6.34. The standard InChI is InChI=1S/C18H26ClN3O2.ClH/c1-11(2)10-21-17(23)15-7-6-13(8-16(15)19)22-18(24)14-5-3-4-12(14)9-20;/h6-8,11-12,14H,3-5,9-10,20H2,1-2H3,(H,21,23)(H,22,24);1H/t12-,14-;/m1./s1. The third kappa shape index (κ3) is 5.87. The van der Waals surface area contributed by atoms with Crippen molar-refractivity contribution in [3.8, 4) is 0 Å². The molecule has 1 aliphatic carbocycles. The molecule has 0 radical (unpaired) electrons. The van der Waals surface area contributed by atoms with Gasteiger partial charge in [0.2, 0.25) is 5.91 Å². The predicted octanol–water partition coefficient (Wildman–Crippen LogP) is 3.46. The molecule has 2 rings (SSSR count). The molecule has 0 saturated heterocycles. The van der Waals surface area contributed by atoms with E-state index in [0.717, 1.165) is 19.3 Å². The van der Waals surface area contributed by atoms with E-state index in [1.165, 1.54) is 0 Å². The van der Waals surface area contributed by atoms with E-state index in [9.17, 15) is 9.59 Å². The van der Waals surface area contributed by atoms with Crippen molar-refractivity contribution in [1.82, 2.24) is 5.32 Å². The minimum absolute atomic E-state index is 0. The van der Waals surface area contributed by atoms with E-state index in [1.54, 1.807) is 18.2 Å². The molecule has 2 amide bonds. The van der Waals surface area contributed by atoms with Gasteiger partial charge in [-0.25, -0.2) is 0 Å². The Balaban J connectivity index is 0.00000312. The van der Waals surface area contributed by atoms with Gasteiger partial charge in [-0.1, -0.05) is 31.9 Å². The Morgan fingerprint density at radius 3 is 2.64 bits per heavy atom. The van der Waals surface area contributed by atoms with E-state index < -0.39 is 0 Å². The van der Waals surface area contributed by atoms with E-state index >= 15 is 0 Å². The van der Waals surface area contributed by atoms with E-state index in [2.05, 4.69) is 10.6 Å². The molecular formula is C18H27Cl2N3O2. The molecule has 0 heterocycles. The topological polar surface area (TPSA) is 84.2 Å². The van der Waals surface area contributed by atoms with Crippen LogP contribution in [0.5, 0.6) is 0 Å². The summed E-state index contributed by atoms with van der Waals surface area (Å²) in [5.41, 5.74) is 6.75. The van der Waals surface area contributed by atoms with Crippen LogP contribution in [0.25, 0.3) is 0 Å². The van der Waals surface area contributed by atoms with Crippen LogP contribution >= 0.6 is 24.0 Å². The summed E-state index contributed by atoms with van der Waals surface area (Å²) in [4.78, 5) is 24.5. The van der Waals surface area contributed by atoms with Gasteiger partial charge in [-0.2, -0.15) is 0 Å². The van der Waals surface area contributed by atoms with Crippen LogP contribution < -0.4 is 16.4 Å². The lowest BCUT2D eigenvalue weighted by molar-refractivity contribution is -0.120. The molecule has 2 atom stereocenters. The van der Waals surface area contributed by atoms with Crippen LogP contribution in [-0.2, 0) is 4.79 Å². The maximum absolute atomic E-state index is 12.4. The molecule has 7 heteroatoms. The molecule has 1 aromatic carbocycles. The Hall–Kier alpha value is -1.30. The van der Waals surface area contributed by atoms with Crippen LogP contribution in [0.3, 0.4) is 0 Å². The highest BCUT2D eigenvalue weighted by Crippen LogP contribution is 2.32. The van der Waals surface area contributed by atoms with Gasteiger partial charge in [-0.3, -0.25) is 9.59 Å². The lowest BCUT2D eigenvalue weighted by Crippen LogP contribution is -2.30. The molecule has 25 heavy (non-hydrogen) atoms. The maximum atomic E-state index is 12.4. The Morgan fingerprint density at radius 1 is 1.32 bits per heavy atom. The number of hydrogen-bond acceptors (Lipinski definition) is 3. The van der Waals surface area contributed by atoms with Crippen molar-refractivity contribution in [3.05, 3.63) is 28.8 Å². The van der Waals surface area contributed by atoms with Gasteiger partial charge in [-0.05, 0) is 49.4 Å². The van der Waals surface area contributed by atoms with Crippen molar-refractivity contribution in [3.63, 3.8) is 0 Å². The zero-order valence-corrected chi connectivity index (χ0v) is 16.3. The van der Waals surface area contributed by atoms with E-state index in [1.807, 2.05) is 13.8 Å². The van der Waals surface area contributed by atoms with E-state index in [4.69, 9.17) is 17.3 Å². The maximum Gasteiger partial charge on any atom is 0.252 e. The molecule has 0 aliphatic heterocycles. The second kappa shape index (κ2) is 10.00. The number of amides is 2. The average molecular weight is 388 g/mol. The molecule has 0 spiro atoms. The average Bonchev–Trinajstić information content (AvgIpc) is 3.01. The summed E-state index contributed by atoms with van der Waals surface area (Å²) < 4.78 is 0. The van der Waals surface area contributed by atoms with Crippen LogP contribution in [0.2, 0.25) is 5.02 Å². The summed E-state index contributed by atoms with van der Waals surface area (Å²) in [6.07, 6.45) is 2.91. The minimum Gasteiger partial charge on any atom is -0.352 e. The lowest BCUT2D eigenvalue weighted by Gasteiger charge is -2.17.